The highest BCUT2D eigenvalue weighted by Crippen LogP contribution is 2.25. The Labute approximate surface area is 178 Å². The lowest BCUT2D eigenvalue weighted by Gasteiger charge is -2.30. The Hall–Kier alpha value is -2.26. The molecular formula is C21H30N4O4S. The Morgan fingerprint density at radius 1 is 1.23 bits per heavy atom. The van der Waals surface area contributed by atoms with E-state index < -0.39 is 9.84 Å². The van der Waals surface area contributed by atoms with Gasteiger partial charge in [0.2, 0.25) is 11.8 Å². The molecule has 1 aromatic heterocycles. The summed E-state index contributed by atoms with van der Waals surface area (Å²) in [7, 11) is -3.49. The van der Waals surface area contributed by atoms with Gasteiger partial charge in [0, 0.05) is 32.6 Å². The van der Waals surface area contributed by atoms with E-state index in [-0.39, 0.29) is 29.0 Å². The molecule has 2 heterocycles. The molecule has 1 aromatic carbocycles. The highest BCUT2D eigenvalue weighted by Gasteiger charge is 2.32. The van der Waals surface area contributed by atoms with Gasteiger partial charge in [0.15, 0.2) is 15.7 Å². The Balaban J connectivity index is 1.71. The molecule has 0 spiro atoms. The van der Waals surface area contributed by atoms with Crippen LogP contribution < -0.4 is 0 Å². The number of benzene rings is 1. The minimum absolute atomic E-state index is 0.0447. The summed E-state index contributed by atoms with van der Waals surface area (Å²) in [5.74, 6) is 1.15. The van der Waals surface area contributed by atoms with E-state index in [1.54, 1.807) is 42.2 Å². The van der Waals surface area contributed by atoms with Crippen LogP contribution in [-0.4, -0.2) is 66.2 Å². The molecule has 1 atom stereocenters. The second-order valence-electron chi connectivity index (χ2n) is 8.16. The topological polar surface area (TPSA) is 96.6 Å². The first-order valence-electron chi connectivity index (χ1n) is 10.4. The molecule has 1 fully saturated rings. The molecule has 9 heteroatoms. The summed E-state index contributed by atoms with van der Waals surface area (Å²) < 4.78 is 30.5. The molecule has 0 bridgehead atoms. The summed E-state index contributed by atoms with van der Waals surface area (Å²) in [4.78, 5) is 21.6. The number of carbonyl (C=O) groups is 1. The van der Waals surface area contributed by atoms with Crippen molar-refractivity contribution in [3.05, 3.63) is 42.0 Å². The van der Waals surface area contributed by atoms with E-state index in [1.165, 1.54) is 0 Å². The standard InChI is InChI=1S/C21H30N4O4S/c1-16(2)14-24-11-7-12-25(15-19(24)21-22-17(3)23-29-21)20(26)10-13-30(27,28)18-8-5-4-6-9-18/h4-6,8-9,16,19H,7,10-15H2,1-3H3. The first-order chi connectivity index (χ1) is 14.3. The molecule has 0 N–H and O–H groups in total. The van der Waals surface area contributed by atoms with Crippen LogP contribution in [0.15, 0.2) is 39.8 Å². The molecule has 2 aromatic rings. The molecule has 164 valence electrons. The SMILES string of the molecule is Cc1noc(C2CN(C(=O)CCS(=O)(=O)c3ccccc3)CCCN2CC(C)C)n1. The van der Waals surface area contributed by atoms with Gasteiger partial charge in [-0.05, 0) is 31.4 Å². The van der Waals surface area contributed by atoms with Crippen molar-refractivity contribution in [1.29, 1.82) is 0 Å². The third-order valence-electron chi connectivity index (χ3n) is 5.18. The smallest absolute Gasteiger partial charge is 0.245 e. The van der Waals surface area contributed by atoms with Gasteiger partial charge in [0.25, 0.3) is 0 Å². The summed E-state index contributed by atoms with van der Waals surface area (Å²) in [6.45, 7) is 8.75. The van der Waals surface area contributed by atoms with Crippen LogP contribution in [0.3, 0.4) is 0 Å². The van der Waals surface area contributed by atoms with Crippen molar-refractivity contribution >= 4 is 15.7 Å². The maximum atomic E-state index is 12.9. The number of amides is 1. The Kier molecular flexibility index (Phi) is 7.25. The molecule has 0 saturated carbocycles. The van der Waals surface area contributed by atoms with Crippen LogP contribution in [-0.2, 0) is 14.6 Å². The number of hydrogen-bond acceptors (Lipinski definition) is 7. The van der Waals surface area contributed by atoms with E-state index in [9.17, 15) is 13.2 Å². The lowest BCUT2D eigenvalue weighted by Crippen LogP contribution is -2.39. The second-order valence-corrected chi connectivity index (χ2v) is 10.3. The van der Waals surface area contributed by atoms with Crippen molar-refractivity contribution in [2.75, 3.05) is 31.9 Å². The molecule has 3 rings (SSSR count). The van der Waals surface area contributed by atoms with Gasteiger partial charge in [-0.15, -0.1) is 0 Å². The number of nitrogens with zero attached hydrogens (tertiary/aromatic N) is 4. The highest BCUT2D eigenvalue weighted by molar-refractivity contribution is 7.91. The zero-order valence-electron chi connectivity index (χ0n) is 17.8. The third kappa shape index (κ3) is 5.66. The fourth-order valence-electron chi connectivity index (χ4n) is 3.76. The lowest BCUT2D eigenvalue weighted by atomic mass is 10.1. The van der Waals surface area contributed by atoms with Gasteiger partial charge in [0.05, 0.1) is 10.6 Å². The minimum Gasteiger partial charge on any atom is -0.341 e. The van der Waals surface area contributed by atoms with Crippen LogP contribution in [0.1, 0.15) is 44.4 Å². The summed E-state index contributed by atoms with van der Waals surface area (Å²) in [6, 6.07) is 8.07. The maximum absolute atomic E-state index is 12.9. The summed E-state index contributed by atoms with van der Waals surface area (Å²) in [5, 5.41) is 3.91. The number of rotatable bonds is 7. The second kappa shape index (κ2) is 9.70. The van der Waals surface area contributed by atoms with E-state index in [2.05, 4.69) is 28.9 Å². The number of hydrogen-bond donors (Lipinski definition) is 0. The van der Waals surface area contributed by atoms with Crippen LogP contribution in [0.5, 0.6) is 0 Å². The van der Waals surface area contributed by atoms with Gasteiger partial charge in [-0.3, -0.25) is 9.69 Å². The zero-order chi connectivity index (χ0) is 21.7. The molecule has 1 unspecified atom stereocenters. The van der Waals surface area contributed by atoms with Crippen molar-refractivity contribution in [2.45, 2.75) is 44.6 Å². The summed E-state index contributed by atoms with van der Waals surface area (Å²) >= 11 is 0. The maximum Gasteiger partial charge on any atom is 0.245 e. The first kappa shape index (κ1) is 22.4. The normalized spacial score (nSPS) is 18.5. The molecule has 1 aliphatic rings. The van der Waals surface area contributed by atoms with E-state index in [0.29, 0.717) is 30.7 Å². The molecule has 8 nitrogen and oxygen atoms in total. The molecular weight excluding hydrogens is 404 g/mol. The number of sulfone groups is 1. The van der Waals surface area contributed by atoms with Crippen molar-refractivity contribution < 1.29 is 17.7 Å². The molecule has 0 radical (unpaired) electrons. The molecule has 1 amide bonds. The van der Waals surface area contributed by atoms with Crippen molar-refractivity contribution in [2.24, 2.45) is 5.92 Å². The Morgan fingerprint density at radius 3 is 2.60 bits per heavy atom. The van der Waals surface area contributed by atoms with E-state index in [0.717, 1.165) is 19.5 Å². The van der Waals surface area contributed by atoms with Gasteiger partial charge in [0.1, 0.15) is 6.04 Å². The summed E-state index contributed by atoms with van der Waals surface area (Å²) in [6.07, 6.45) is 0.768. The first-order valence-corrected chi connectivity index (χ1v) is 12.0. The number of aryl methyl sites for hydroxylation is 1. The van der Waals surface area contributed by atoms with Crippen LogP contribution in [0, 0.1) is 12.8 Å². The number of carbonyl (C=O) groups excluding carboxylic acids is 1. The van der Waals surface area contributed by atoms with Gasteiger partial charge >= 0.3 is 0 Å². The third-order valence-corrected chi connectivity index (χ3v) is 6.91. The quantitative estimate of drug-likeness (QED) is 0.660. The average Bonchev–Trinajstić information content (AvgIpc) is 3.03. The van der Waals surface area contributed by atoms with Crippen LogP contribution in [0.25, 0.3) is 0 Å². The van der Waals surface area contributed by atoms with Crippen LogP contribution >= 0.6 is 0 Å². The highest BCUT2D eigenvalue weighted by atomic mass is 32.2. The molecule has 30 heavy (non-hydrogen) atoms. The fourth-order valence-corrected chi connectivity index (χ4v) is 5.01. The monoisotopic (exact) mass is 434 g/mol. The Bertz CT molecular complexity index is 943. The largest absolute Gasteiger partial charge is 0.341 e. The molecule has 1 saturated heterocycles. The van der Waals surface area contributed by atoms with Crippen molar-refractivity contribution in [3.63, 3.8) is 0 Å². The zero-order valence-corrected chi connectivity index (χ0v) is 18.6. The van der Waals surface area contributed by atoms with E-state index >= 15 is 0 Å². The van der Waals surface area contributed by atoms with Gasteiger partial charge < -0.3 is 9.42 Å². The van der Waals surface area contributed by atoms with Crippen LogP contribution in [0.4, 0.5) is 0 Å². The molecule has 0 aliphatic carbocycles. The lowest BCUT2D eigenvalue weighted by molar-refractivity contribution is -0.131. The predicted octanol–water partition coefficient (Wildman–Crippen LogP) is 2.47. The average molecular weight is 435 g/mol. The fraction of sp³-hybridized carbons (Fsp3) is 0.571. The predicted molar refractivity (Wildman–Crippen MR) is 112 cm³/mol. The van der Waals surface area contributed by atoms with Gasteiger partial charge in [-0.25, -0.2) is 8.42 Å². The van der Waals surface area contributed by atoms with Gasteiger partial charge in [-0.2, -0.15) is 4.98 Å². The van der Waals surface area contributed by atoms with E-state index in [4.69, 9.17) is 4.52 Å². The number of aromatic nitrogens is 2. The van der Waals surface area contributed by atoms with Gasteiger partial charge in [-0.1, -0.05) is 37.2 Å². The van der Waals surface area contributed by atoms with E-state index in [1.807, 2.05) is 0 Å². The van der Waals surface area contributed by atoms with Crippen LogP contribution in [0.2, 0.25) is 0 Å². The van der Waals surface area contributed by atoms with Crippen molar-refractivity contribution in [3.8, 4) is 0 Å². The minimum atomic E-state index is -3.49. The summed E-state index contributed by atoms with van der Waals surface area (Å²) in [5.41, 5.74) is 0. The van der Waals surface area contributed by atoms with Crippen molar-refractivity contribution in [1.82, 2.24) is 19.9 Å². The molecule has 1 aliphatic heterocycles. The Morgan fingerprint density at radius 2 is 1.97 bits per heavy atom.